The molecule has 0 aliphatic carbocycles. The zero-order valence-electron chi connectivity index (χ0n) is 14.7. The molecule has 1 aliphatic rings. The van der Waals surface area contributed by atoms with Gasteiger partial charge in [-0.1, -0.05) is 0 Å². The van der Waals surface area contributed by atoms with Crippen LogP contribution in [-0.2, 0) is 9.84 Å². The second-order valence-corrected chi connectivity index (χ2v) is 9.06. The summed E-state index contributed by atoms with van der Waals surface area (Å²) in [5, 5.41) is 5.88. The monoisotopic (exact) mass is 368 g/mol. The molecule has 1 saturated heterocycles. The Balaban J connectivity index is 1.82. The molecule has 0 unspecified atom stereocenters. The number of hydrogen-bond acceptors (Lipinski definition) is 6. The molecule has 0 bridgehead atoms. The molecule has 1 aromatic heterocycles. The lowest BCUT2D eigenvalue weighted by atomic mass is 10.2. The number of hydrogen-bond donors (Lipinski definition) is 2. The summed E-state index contributed by atoms with van der Waals surface area (Å²) in [5.74, 6) is 0.427. The predicted octanol–water partition coefficient (Wildman–Crippen LogP) is -0.709. The van der Waals surface area contributed by atoms with Crippen molar-refractivity contribution in [3.05, 3.63) is 24.3 Å². The summed E-state index contributed by atoms with van der Waals surface area (Å²) in [4.78, 5) is 25.8. The third-order valence-corrected chi connectivity index (χ3v) is 6.58. The van der Waals surface area contributed by atoms with Crippen LogP contribution < -0.4 is 10.6 Å². The summed E-state index contributed by atoms with van der Waals surface area (Å²) in [6.45, 7) is 5.07. The van der Waals surface area contributed by atoms with Crippen molar-refractivity contribution in [1.29, 1.82) is 0 Å². The fraction of sp³-hybridized carbons (Fsp3) is 0.600. The minimum absolute atomic E-state index is 0.101. The summed E-state index contributed by atoms with van der Waals surface area (Å²) in [6.07, 6.45) is 4.36. The van der Waals surface area contributed by atoms with Crippen LogP contribution in [0.2, 0.25) is 0 Å². The first kappa shape index (κ1) is 19.1. The van der Waals surface area contributed by atoms with Crippen molar-refractivity contribution < 1.29 is 13.2 Å². The number of nitrogens with zero attached hydrogens (tertiary/aromatic N) is 4. The van der Waals surface area contributed by atoms with Crippen LogP contribution in [0, 0.1) is 0 Å². The van der Waals surface area contributed by atoms with Crippen molar-refractivity contribution in [3.63, 3.8) is 0 Å². The van der Waals surface area contributed by atoms with Gasteiger partial charge in [-0.3, -0.25) is 14.8 Å². The smallest absolute Gasteiger partial charge is 0.271 e. The van der Waals surface area contributed by atoms with Gasteiger partial charge in [0.25, 0.3) is 5.91 Å². The molecule has 1 fully saturated rings. The van der Waals surface area contributed by atoms with Crippen LogP contribution >= 0.6 is 0 Å². The topological polar surface area (TPSA) is 117 Å². The fourth-order valence-electron chi connectivity index (χ4n) is 2.51. The number of carbonyl (C=O) groups excluding carboxylic acids is 1. The van der Waals surface area contributed by atoms with Crippen LogP contribution in [0.3, 0.4) is 0 Å². The molecule has 138 valence electrons. The van der Waals surface area contributed by atoms with Gasteiger partial charge >= 0.3 is 0 Å². The third-order valence-electron chi connectivity index (χ3n) is 4.04. The number of aliphatic imine (C=N–C) groups is 1. The van der Waals surface area contributed by atoms with Gasteiger partial charge in [0, 0.05) is 45.6 Å². The van der Waals surface area contributed by atoms with Gasteiger partial charge in [-0.15, -0.1) is 0 Å². The third kappa shape index (κ3) is 4.65. The van der Waals surface area contributed by atoms with Gasteiger partial charge in [0.2, 0.25) is 0 Å². The summed E-state index contributed by atoms with van der Waals surface area (Å²) >= 11 is 0. The molecule has 1 aromatic rings. The second-order valence-electron chi connectivity index (χ2n) is 6.32. The van der Waals surface area contributed by atoms with E-state index in [4.69, 9.17) is 0 Å². The van der Waals surface area contributed by atoms with Crippen LogP contribution in [0.25, 0.3) is 0 Å². The van der Waals surface area contributed by atoms with Crippen molar-refractivity contribution in [2.45, 2.75) is 18.6 Å². The van der Waals surface area contributed by atoms with E-state index in [-0.39, 0.29) is 17.4 Å². The molecule has 9 nitrogen and oxygen atoms in total. The number of sulfone groups is 1. The summed E-state index contributed by atoms with van der Waals surface area (Å²) in [5.41, 5.74) is 0.259. The molecule has 25 heavy (non-hydrogen) atoms. The van der Waals surface area contributed by atoms with Crippen LogP contribution in [0.15, 0.2) is 23.6 Å². The van der Waals surface area contributed by atoms with Crippen molar-refractivity contribution in [3.8, 4) is 0 Å². The van der Waals surface area contributed by atoms with E-state index in [1.807, 2.05) is 4.90 Å². The Morgan fingerprint density at radius 3 is 2.64 bits per heavy atom. The Morgan fingerprint density at radius 1 is 1.32 bits per heavy atom. The standard InChI is InChI=1S/C15H24N6O3S/c1-15(2)11-21(8-9-25(15,23)24)14(16-3)20-7-6-19-13(22)12-10-17-4-5-18-12/h4-5,10H,6-9,11H2,1-3H3,(H,16,20)(H,19,22). The molecule has 0 spiro atoms. The highest BCUT2D eigenvalue weighted by Gasteiger charge is 2.40. The summed E-state index contributed by atoms with van der Waals surface area (Å²) < 4.78 is 23.4. The molecular formula is C15H24N6O3S. The highest BCUT2D eigenvalue weighted by atomic mass is 32.2. The van der Waals surface area contributed by atoms with Crippen molar-refractivity contribution in [2.24, 2.45) is 4.99 Å². The second kappa shape index (κ2) is 7.77. The number of carbonyl (C=O) groups is 1. The highest BCUT2D eigenvalue weighted by Crippen LogP contribution is 2.23. The predicted molar refractivity (Wildman–Crippen MR) is 95.2 cm³/mol. The van der Waals surface area contributed by atoms with Crippen LogP contribution in [0.5, 0.6) is 0 Å². The van der Waals surface area contributed by atoms with E-state index >= 15 is 0 Å². The van der Waals surface area contributed by atoms with Crippen LogP contribution in [-0.4, -0.2) is 78.9 Å². The van der Waals surface area contributed by atoms with E-state index in [0.717, 1.165) is 0 Å². The van der Waals surface area contributed by atoms with Gasteiger partial charge in [0.15, 0.2) is 15.8 Å². The molecule has 0 saturated carbocycles. The molecule has 2 N–H and O–H groups in total. The fourth-order valence-corrected chi connectivity index (χ4v) is 3.88. The Kier molecular flexibility index (Phi) is 5.93. The SMILES string of the molecule is CN=C(NCCNC(=O)c1cnccn1)N1CCS(=O)(=O)C(C)(C)C1. The maximum atomic E-state index is 12.1. The first-order valence-corrected chi connectivity index (χ1v) is 9.64. The molecule has 1 amide bonds. The first-order valence-electron chi connectivity index (χ1n) is 7.99. The van der Waals surface area contributed by atoms with Crippen molar-refractivity contribution >= 4 is 21.7 Å². The maximum Gasteiger partial charge on any atom is 0.271 e. The Hall–Kier alpha value is -2.23. The molecule has 0 atom stereocenters. The molecule has 2 heterocycles. The number of amides is 1. The average Bonchev–Trinajstić information content (AvgIpc) is 2.58. The lowest BCUT2D eigenvalue weighted by Gasteiger charge is -2.39. The first-order chi connectivity index (χ1) is 11.8. The zero-order chi connectivity index (χ0) is 18.5. The zero-order valence-corrected chi connectivity index (χ0v) is 15.5. The Bertz CT molecular complexity index is 733. The summed E-state index contributed by atoms with van der Waals surface area (Å²) in [7, 11) is -1.45. The van der Waals surface area contributed by atoms with Gasteiger partial charge < -0.3 is 15.5 Å². The van der Waals surface area contributed by atoms with Crippen LogP contribution in [0.1, 0.15) is 24.3 Å². The highest BCUT2D eigenvalue weighted by molar-refractivity contribution is 7.92. The van der Waals surface area contributed by atoms with E-state index in [1.54, 1.807) is 20.9 Å². The van der Waals surface area contributed by atoms with E-state index in [2.05, 4.69) is 25.6 Å². The largest absolute Gasteiger partial charge is 0.354 e. The molecule has 0 aromatic carbocycles. The number of guanidine groups is 1. The van der Waals surface area contributed by atoms with E-state index in [0.29, 0.717) is 32.1 Å². The van der Waals surface area contributed by atoms with Gasteiger partial charge in [0.05, 0.1) is 16.7 Å². The Labute approximate surface area is 147 Å². The molecule has 2 rings (SSSR count). The molecular weight excluding hydrogens is 344 g/mol. The van der Waals surface area contributed by atoms with Crippen molar-refractivity contribution in [2.75, 3.05) is 39.0 Å². The summed E-state index contributed by atoms with van der Waals surface area (Å²) in [6, 6.07) is 0. The minimum Gasteiger partial charge on any atom is -0.354 e. The number of nitrogens with one attached hydrogen (secondary N) is 2. The van der Waals surface area contributed by atoms with Crippen LogP contribution in [0.4, 0.5) is 0 Å². The van der Waals surface area contributed by atoms with E-state index in [1.165, 1.54) is 18.6 Å². The molecule has 1 aliphatic heterocycles. The number of aromatic nitrogens is 2. The number of rotatable bonds is 4. The van der Waals surface area contributed by atoms with Gasteiger partial charge in [-0.25, -0.2) is 13.4 Å². The molecule has 10 heteroatoms. The van der Waals surface area contributed by atoms with E-state index < -0.39 is 14.6 Å². The average molecular weight is 368 g/mol. The quantitative estimate of drug-likeness (QED) is 0.410. The lowest BCUT2D eigenvalue weighted by Crippen LogP contribution is -2.57. The minimum atomic E-state index is -3.10. The lowest BCUT2D eigenvalue weighted by molar-refractivity contribution is 0.0949. The molecule has 0 radical (unpaired) electrons. The Morgan fingerprint density at radius 2 is 2.04 bits per heavy atom. The van der Waals surface area contributed by atoms with Gasteiger partial charge in [-0.2, -0.15) is 0 Å². The van der Waals surface area contributed by atoms with Gasteiger partial charge in [0.1, 0.15) is 5.69 Å². The van der Waals surface area contributed by atoms with E-state index in [9.17, 15) is 13.2 Å². The van der Waals surface area contributed by atoms with Gasteiger partial charge in [-0.05, 0) is 13.8 Å². The normalized spacial score (nSPS) is 19.3. The maximum absolute atomic E-state index is 12.1. The van der Waals surface area contributed by atoms with Crippen molar-refractivity contribution in [1.82, 2.24) is 25.5 Å².